The van der Waals surface area contributed by atoms with Gasteiger partial charge in [-0.25, -0.2) is 0 Å². The van der Waals surface area contributed by atoms with Gasteiger partial charge in [-0.3, -0.25) is 0 Å². The van der Waals surface area contributed by atoms with Crippen LogP contribution in [-0.2, 0) is 5.41 Å². The molecule has 1 aliphatic carbocycles. The monoisotopic (exact) mass is 383 g/mol. The van der Waals surface area contributed by atoms with E-state index in [9.17, 15) is 0 Å². The molecule has 2 N–H and O–H groups in total. The van der Waals surface area contributed by atoms with Gasteiger partial charge in [0, 0.05) is 5.41 Å². The Labute approximate surface area is 169 Å². The quantitative estimate of drug-likeness (QED) is 0.621. The Morgan fingerprint density at radius 2 is 1.36 bits per heavy atom. The van der Waals surface area contributed by atoms with E-state index in [0.717, 1.165) is 12.8 Å². The average molecular weight is 383 g/mol. The summed E-state index contributed by atoms with van der Waals surface area (Å²) in [7, 11) is -0.633. The van der Waals surface area contributed by atoms with E-state index in [0.29, 0.717) is 6.54 Å². The molecule has 140 valence electrons. The van der Waals surface area contributed by atoms with Gasteiger partial charge in [0.2, 0.25) is 0 Å². The number of nitrogens with two attached hydrogens (primary N) is 1. The fraction of sp³-hybridized carbons (Fsp3) is 0.154. The third-order valence-corrected chi connectivity index (χ3v) is 7.95. The first-order valence-corrected chi connectivity index (χ1v) is 11.2. The smallest absolute Gasteiger partial charge is 0.0188 e. The number of allylic oxidation sites excluding steroid dienone is 4. The highest BCUT2D eigenvalue weighted by atomic mass is 31.1. The molecule has 0 spiro atoms. The summed E-state index contributed by atoms with van der Waals surface area (Å²) in [4.78, 5) is 0. The number of rotatable bonds is 6. The fourth-order valence-corrected chi connectivity index (χ4v) is 6.68. The lowest BCUT2D eigenvalue weighted by Gasteiger charge is -2.35. The van der Waals surface area contributed by atoms with Gasteiger partial charge >= 0.3 is 0 Å². The third-order valence-electron chi connectivity index (χ3n) is 5.45. The second-order valence-corrected chi connectivity index (χ2v) is 9.40. The van der Waals surface area contributed by atoms with Crippen LogP contribution in [0.25, 0.3) is 0 Å². The van der Waals surface area contributed by atoms with E-state index in [4.69, 9.17) is 5.73 Å². The molecule has 28 heavy (non-hydrogen) atoms. The molecule has 1 aliphatic rings. The van der Waals surface area contributed by atoms with Crippen molar-refractivity contribution < 1.29 is 0 Å². The van der Waals surface area contributed by atoms with Gasteiger partial charge in [0.05, 0.1) is 0 Å². The summed E-state index contributed by atoms with van der Waals surface area (Å²) in [6.45, 7) is 0.682. The van der Waals surface area contributed by atoms with Gasteiger partial charge < -0.3 is 5.73 Å². The maximum absolute atomic E-state index is 6.08. The molecule has 4 rings (SSSR count). The van der Waals surface area contributed by atoms with Crippen LogP contribution in [-0.4, -0.2) is 6.54 Å². The maximum atomic E-state index is 6.08. The van der Waals surface area contributed by atoms with Crippen LogP contribution in [0.3, 0.4) is 0 Å². The maximum Gasteiger partial charge on any atom is 0.0188 e. The molecule has 0 aromatic heterocycles. The summed E-state index contributed by atoms with van der Waals surface area (Å²) < 4.78 is 0. The normalized spacial score (nSPS) is 18.5. The summed E-state index contributed by atoms with van der Waals surface area (Å²) >= 11 is 0. The lowest BCUT2D eigenvalue weighted by molar-refractivity contribution is 0.502. The van der Waals surface area contributed by atoms with Crippen molar-refractivity contribution >= 4 is 23.8 Å². The van der Waals surface area contributed by atoms with Crippen molar-refractivity contribution in [1.82, 2.24) is 0 Å². The summed E-state index contributed by atoms with van der Waals surface area (Å²) in [5, 5.41) is 4.20. The van der Waals surface area contributed by atoms with Crippen molar-refractivity contribution in [3.63, 3.8) is 0 Å². The first-order chi connectivity index (χ1) is 13.8. The van der Waals surface area contributed by atoms with E-state index in [1.54, 1.807) is 0 Å². The summed E-state index contributed by atoms with van der Waals surface area (Å²) in [5.41, 5.74) is 7.47. The Hall–Kier alpha value is -2.47. The van der Waals surface area contributed by atoms with E-state index >= 15 is 0 Å². The van der Waals surface area contributed by atoms with Gasteiger partial charge in [0.25, 0.3) is 0 Å². The molecule has 3 aromatic rings. The van der Waals surface area contributed by atoms with Crippen molar-refractivity contribution in [3.8, 4) is 0 Å². The summed E-state index contributed by atoms with van der Waals surface area (Å²) in [5.74, 6) is 0. The topological polar surface area (TPSA) is 26.0 Å². The minimum Gasteiger partial charge on any atom is -0.330 e. The highest BCUT2D eigenvalue weighted by Crippen LogP contribution is 2.41. The first kappa shape index (κ1) is 18.9. The molecule has 0 amide bonds. The zero-order valence-corrected chi connectivity index (χ0v) is 16.9. The first-order valence-electron chi connectivity index (χ1n) is 9.88. The molecule has 1 unspecified atom stereocenters. The van der Waals surface area contributed by atoms with E-state index in [-0.39, 0.29) is 5.41 Å². The van der Waals surface area contributed by atoms with Crippen molar-refractivity contribution in [1.29, 1.82) is 0 Å². The molecule has 0 saturated carbocycles. The largest absolute Gasteiger partial charge is 0.330 e. The van der Waals surface area contributed by atoms with E-state index < -0.39 is 7.92 Å². The van der Waals surface area contributed by atoms with Crippen LogP contribution in [0.4, 0.5) is 0 Å². The molecule has 1 atom stereocenters. The van der Waals surface area contributed by atoms with Crippen LogP contribution in [0.15, 0.2) is 109 Å². The van der Waals surface area contributed by atoms with Crippen molar-refractivity contribution in [2.45, 2.75) is 18.3 Å². The van der Waals surface area contributed by atoms with Gasteiger partial charge in [-0.05, 0) is 48.8 Å². The fourth-order valence-electron chi connectivity index (χ4n) is 4.11. The zero-order chi connectivity index (χ0) is 19.2. The lowest BCUT2D eigenvalue weighted by atomic mass is 9.73. The Balaban J connectivity index is 1.91. The van der Waals surface area contributed by atoms with Crippen LogP contribution < -0.4 is 21.6 Å². The number of hydrogen-bond donors (Lipinski definition) is 1. The van der Waals surface area contributed by atoms with Crippen molar-refractivity contribution in [3.05, 3.63) is 115 Å². The van der Waals surface area contributed by atoms with Gasteiger partial charge in [-0.2, -0.15) is 0 Å². The summed E-state index contributed by atoms with van der Waals surface area (Å²) in [6, 6.07) is 30.8. The van der Waals surface area contributed by atoms with Crippen molar-refractivity contribution in [2.75, 3.05) is 6.54 Å². The second kappa shape index (κ2) is 8.69. The van der Waals surface area contributed by atoms with Gasteiger partial charge in [-0.15, -0.1) is 0 Å². The van der Waals surface area contributed by atoms with Gasteiger partial charge in [0.1, 0.15) is 0 Å². The van der Waals surface area contributed by atoms with Crippen molar-refractivity contribution in [2.24, 2.45) is 5.73 Å². The molecule has 0 radical (unpaired) electrons. The minimum absolute atomic E-state index is 0.0236. The number of benzene rings is 3. The predicted octanol–water partition coefficient (Wildman–Crippen LogP) is 4.55. The van der Waals surface area contributed by atoms with Crippen LogP contribution in [0.1, 0.15) is 18.4 Å². The highest BCUT2D eigenvalue weighted by molar-refractivity contribution is 7.79. The van der Waals surface area contributed by atoms with E-state index in [1.807, 2.05) is 0 Å². The third kappa shape index (κ3) is 3.74. The predicted molar refractivity (Wildman–Crippen MR) is 123 cm³/mol. The molecule has 0 bridgehead atoms. The molecular weight excluding hydrogens is 357 g/mol. The molecule has 1 nitrogen and oxygen atoms in total. The van der Waals surface area contributed by atoms with Crippen LogP contribution >= 0.6 is 7.92 Å². The highest BCUT2D eigenvalue weighted by Gasteiger charge is 2.33. The average Bonchev–Trinajstić information content (AvgIpc) is 2.77. The second-order valence-electron chi connectivity index (χ2n) is 7.21. The molecular formula is C26H26NP. The zero-order valence-electron chi connectivity index (χ0n) is 16.0. The standard InChI is InChI=1S/C26H26NP/c27-21-20-26(18-10-3-11-19-26)24-16-8-9-17-25(24)28(22-12-4-1-5-13-22)23-14-6-2-7-15-23/h1-18H,19-21,27H2. The number of hydrogen-bond acceptors (Lipinski definition) is 1. The Morgan fingerprint density at radius 3 is 1.93 bits per heavy atom. The molecule has 0 heterocycles. The molecule has 0 saturated heterocycles. The molecule has 0 aliphatic heterocycles. The van der Waals surface area contributed by atoms with E-state index in [1.165, 1.54) is 21.5 Å². The Bertz CT molecular complexity index is 922. The Morgan fingerprint density at radius 1 is 0.750 bits per heavy atom. The SMILES string of the molecule is NCCC1(c2ccccc2P(c2ccccc2)c2ccccc2)C=CC=CC1. The summed E-state index contributed by atoms with van der Waals surface area (Å²) in [6.07, 6.45) is 10.9. The van der Waals surface area contributed by atoms with Crippen LogP contribution in [0.2, 0.25) is 0 Å². The van der Waals surface area contributed by atoms with Gasteiger partial charge in [0.15, 0.2) is 0 Å². The van der Waals surface area contributed by atoms with Crippen LogP contribution in [0.5, 0.6) is 0 Å². The van der Waals surface area contributed by atoms with E-state index in [2.05, 4.69) is 109 Å². The minimum atomic E-state index is -0.633. The molecule has 2 heteroatoms. The molecule has 0 fully saturated rings. The lowest BCUT2D eigenvalue weighted by Crippen LogP contribution is -2.34. The molecule has 3 aromatic carbocycles. The Kier molecular flexibility index (Phi) is 5.86. The van der Waals surface area contributed by atoms with Gasteiger partial charge in [-0.1, -0.05) is 109 Å². The van der Waals surface area contributed by atoms with Crippen LogP contribution in [0, 0.1) is 0 Å².